The van der Waals surface area contributed by atoms with Crippen LogP contribution in [0.3, 0.4) is 0 Å². The largest absolute Gasteiger partial charge is 0.481 e. The second-order valence-corrected chi connectivity index (χ2v) is 5.95. The van der Waals surface area contributed by atoms with E-state index in [4.69, 9.17) is 16.1 Å². The van der Waals surface area contributed by atoms with Gasteiger partial charge in [-0.25, -0.2) is 9.13 Å². The van der Waals surface area contributed by atoms with Crippen LogP contribution in [0, 0.1) is 0 Å². The molecule has 2 unspecified atom stereocenters. The second kappa shape index (κ2) is 6.87. The van der Waals surface area contributed by atoms with Gasteiger partial charge in [-0.1, -0.05) is 26.7 Å². The molecule has 0 fully saturated rings. The van der Waals surface area contributed by atoms with Crippen LogP contribution in [0.2, 0.25) is 0 Å². The highest BCUT2D eigenvalue weighted by atomic mass is 31.3. The Hall–Kier alpha value is 0.260. The monoisotopic (exact) mass is 277 g/mol. The minimum atomic E-state index is -5.05. The Morgan fingerprint density at radius 1 is 1.38 bits per heavy atom. The predicted octanol–water partition coefficient (Wildman–Crippen LogP) is 2.18. The molecule has 0 rings (SSSR count). The molecule has 0 aliphatic heterocycles. The van der Waals surface area contributed by atoms with Crippen molar-refractivity contribution in [3.8, 4) is 0 Å². The van der Waals surface area contributed by atoms with Crippen molar-refractivity contribution in [2.45, 2.75) is 45.6 Å². The molecule has 0 aromatic carbocycles. The Balaban J connectivity index is 4.25. The summed E-state index contributed by atoms with van der Waals surface area (Å²) in [6, 6.07) is 0. The van der Waals surface area contributed by atoms with Crippen molar-refractivity contribution in [1.82, 2.24) is 0 Å². The summed E-state index contributed by atoms with van der Waals surface area (Å²) >= 11 is 0. The summed E-state index contributed by atoms with van der Waals surface area (Å²) in [6.07, 6.45) is 1.49. The molecular weight excluding hydrogens is 258 g/mol. The zero-order valence-corrected chi connectivity index (χ0v) is 10.8. The minimum Gasteiger partial charge on any atom is -0.302 e. The number of rotatable bonds is 8. The molecule has 0 aliphatic carbocycles. The SMILES string of the molecule is [2H]CCCCC(CC)OP(=O)(O)OP(=O)(O)O. The molecule has 0 aliphatic rings. The van der Waals surface area contributed by atoms with Gasteiger partial charge < -0.3 is 14.7 Å². The Labute approximate surface area is 96.0 Å². The molecule has 0 aromatic heterocycles. The van der Waals surface area contributed by atoms with Gasteiger partial charge in [-0.15, -0.1) is 0 Å². The van der Waals surface area contributed by atoms with Crippen molar-refractivity contribution < 1.29 is 34.0 Å². The molecule has 0 aromatic rings. The first-order valence-corrected chi connectivity index (χ1v) is 7.80. The van der Waals surface area contributed by atoms with Crippen molar-refractivity contribution in [2.24, 2.45) is 0 Å². The third-order valence-corrected chi connectivity index (χ3v) is 3.96. The van der Waals surface area contributed by atoms with Gasteiger partial charge in [0, 0.05) is 1.37 Å². The molecule has 9 heteroatoms. The van der Waals surface area contributed by atoms with Crippen LogP contribution in [-0.2, 0) is 18.0 Å². The molecule has 0 radical (unpaired) electrons. The fourth-order valence-corrected chi connectivity index (χ4v) is 2.91. The van der Waals surface area contributed by atoms with Crippen molar-refractivity contribution in [3.05, 3.63) is 0 Å². The van der Waals surface area contributed by atoms with Gasteiger partial charge in [0.1, 0.15) is 0 Å². The standard InChI is InChI=1S/C7H18O7P2/c1-3-5-6-7(4-2)13-16(11,12)14-15(8,9)10/h7H,3-6H2,1-2H3,(H,11,12)(H2,8,9,10)/i1D. The first-order chi connectivity index (χ1) is 7.70. The van der Waals surface area contributed by atoms with E-state index >= 15 is 0 Å². The molecule has 3 N–H and O–H groups in total. The third-order valence-electron chi connectivity index (χ3n) is 1.72. The maximum Gasteiger partial charge on any atom is 0.481 e. The van der Waals surface area contributed by atoms with Crippen LogP contribution in [0.5, 0.6) is 0 Å². The molecule has 16 heavy (non-hydrogen) atoms. The predicted molar refractivity (Wildman–Crippen MR) is 57.6 cm³/mol. The van der Waals surface area contributed by atoms with Crippen molar-refractivity contribution in [3.63, 3.8) is 0 Å². The summed E-state index contributed by atoms with van der Waals surface area (Å²) in [5.41, 5.74) is 0. The quantitative estimate of drug-likeness (QED) is 0.460. The van der Waals surface area contributed by atoms with Crippen LogP contribution in [0.4, 0.5) is 0 Å². The Kier molecular flexibility index (Phi) is 6.15. The Morgan fingerprint density at radius 3 is 2.44 bits per heavy atom. The highest BCUT2D eigenvalue weighted by Gasteiger charge is 2.34. The lowest BCUT2D eigenvalue weighted by molar-refractivity contribution is 0.117. The zero-order chi connectivity index (χ0) is 13.5. The van der Waals surface area contributed by atoms with Gasteiger partial charge in [-0.3, -0.25) is 4.52 Å². The van der Waals surface area contributed by atoms with Crippen LogP contribution in [0.15, 0.2) is 0 Å². The van der Waals surface area contributed by atoms with E-state index in [9.17, 15) is 9.13 Å². The van der Waals surface area contributed by atoms with Gasteiger partial charge in [0.2, 0.25) is 0 Å². The fourth-order valence-electron chi connectivity index (χ4n) is 1.05. The van der Waals surface area contributed by atoms with Crippen LogP contribution in [0.25, 0.3) is 0 Å². The van der Waals surface area contributed by atoms with Crippen molar-refractivity contribution in [1.29, 1.82) is 0 Å². The van der Waals surface area contributed by atoms with Gasteiger partial charge in [0.15, 0.2) is 0 Å². The molecular formula is C7H18O7P2. The number of hydrogen-bond donors (Lipinski definition) is 3. The zero-order valence-electron chi connectivity index (χ0n) is 9.98. The summed E-state index contributed by atoms with van der Waals surface area (Å²) < 4.78 is 36.9. The number of unbranched alkanes of at least 4 members (excludes halogenated alkanes) is 1. The van der Waals surface area contributed by atoms with Gasteiger partial charge >= 0.3 is 15.6 Å². The normalized spacial score (nSPS) is 18.9. The first-order valence-electron chi connectivity index (χ1n) is 5.48. The molecule has 0 spiro atoms. The number of phosphoric ester groups is 1. The molecule has 98 valence electrons. The van der Waals surface area contributed by atoms with E-state index in [1.54, 1.807) is 6.92 Å². The van der Waals surface area contributed by atoms with Gasteiger partial charge in [-0.05, 0) is 12.8 Å². The molecule has 7 nitrogen and oxygen atoms in total. The van der Waals surface area contributed by atoms with Gasteiger partial charge in [0.25, 0.3) is 0 Å². The van der Waals surface area contributed by atoms with Crippen LogP contribution in [-0.4, -0.2) is 20.8 Å². The van der Waals surface area contributed by atoms with Gasteiger partial charge in [-0.2, -0.15) is 4.31 Å². The lowest BCUT2D eigenvalue weighted by Gasteiger charge is -2.19. The van der Waals surface area contributed by atoms with E-state index in [2.05, 4.69) is 8.83 Å². The second-order valence-electron chi connectivity index (χ2n) is 3.17. The van der Waals surface area contributed by atoms with E-state index in [0.29, 0.717) is 25.7 Å². The molecule has 0 bridgehead atoms. The Bertz CT molecular complexity index is 305. The van der Waals surface area contributed by atoms with E-state index in [0.717, 1.165) is 0 Å². The lowest BCUT2D eigenvalue weighted by Crippen LogP contribution is -2.10. The van der Waals surface area contributed by atoms with Crippen LogP contribution >= 0.6 is 15.6 Å². The summed E-state index contributed by atoms with van der Waals surface area (Å²) in [6.45, 7) is 1.97. The topological polar surface area (TPSA) is 113 Å². The lowest BCUT2D eigenvalue weighted by atomic mass is 10.1. The summed E-state index contributed by atoms with van der Waals surface area (Å²) in [7, 11) is -9.80. The minimum absolute atomic E-state index is 0.256. The van der Waals surface area contributed by atoms with Crippen LogP contribution in [0.1, 0.15) is 40.9 Å². The van der Waals surface area contributed by atoms with Gasteiger partial charge in [0.05, 0.1) is 6.10 Å². The summed E-state index contributed by atoms with van der Waals surface area (Å²) in [5.74, 6) is 0. The fraction of sp³-hybridized carbons (Fsp3) is 1.00. The number of phosphoric acid groups is 2. The average Bonchev–Trinajstić information content (AvgIpc) is 2.12. The van der Waals surface area contributed by atoms with E-state index in [-0.39, 0.29) is 6.90 Å². The third kappa shape index (κ3) is 8.42. The van der Waals surface area contributed by atoms with Crippen molar-refractivity contribution >= 4 is 15.6 Å². The smallest absolute Gasteiger partial charge is 0.302 e. The maximum absolute atomic E-state index is 11.2. The average molecular weight is 277 g/mol. The van der Waals surface area contributed by atoms with E-state index in [1.807, 2.05) is 0 Å². The van der Waals surface area contributed by atoms with E-state index in [1.165, 1.54) is 0 Å². The molecule has 0 heterocycles. The summed E-state index contributed by atoms with van der Waals surface area (Å²) in [4.78, 5) is 25.9. The molecule has 0 saturated carbocycles. The molecule has 2 atom stereocenters. The molecule has 0 amide bonds. The van der Waals surface area contributed by atoms with Crippen LogP contribution < -0.4 is 0 Å². The molecule has 0 saturated heterocycles. The van der Waals surface area contributed by atoms with E-state index < -0.39 is 21.7 Å². The summed E-state index contributed by atoms with van der Waals surface area (Å²) in [5, 5.41) is 0. The first kappa shape index (κ1) is 14.3. The van der Waals surface area contributed by atoms with Crippen molar-refractivity contribution in [2.75, 3.05) is 0 Å². The maximum atomic E-state index is 11.2. The highest BCUT2D eigenvalue weighted by Crippen LogP contribution is 2.58. The highest BCUT2D eigenvalue weighted by molar-refractivity contribution is 7.60. The number of hydrogen-bond acceptors (Lipinski definition) is 4. The Morgan fingerprint density at radius 2 is 2.00 bits per heavy atom.